The highest BCUT2D eigenvalue weighted by Gasteiger charge is 2.01. The molecule has 0 saturated carbocycles. The fourth-order valence-electron chi connectivity index (χ4n) is 1.47. The maximum absolute atomic E-state index is 13.3. The Hall–Kier alpha value is -1.87. The van der Waals surface area contributed by atoms with Gasteiger partial charge in [0.1, 0.15) is 18.2 Å². The number of ether oxygens (including phenoxy) is 1. The minimum Gasteiger partial charge on any atom is -0.489 e. The normalized spacial score (nSPS) is 10.2. The lowest BCUT2D eigenvalue weighted by Gasteiger charge is -2.07. The lowest BCUT2D eigenvalue weighted by molar-refractivity contribution is 0.280. The molecule has 2 aromatic carbocycles. The summed E-state index contributed by atoms with van der Waals surface area (Å²) >= 11 is 0. The lowest BCUT2D eigenvalue weighted by Crippen LogP contribution is -1.98. The fraction of sp³-hybridized carbons (Fsp3) is 0.143. The third kappa shape index (κ3) is 3.04. The van der Waals surface area contributed by atoms with Crippen LogP contribution in [0.2, 0.25) is 0 Å². The molecule has 0 aromatic heterocycles. The highest BCUT2D eigenvalue weighted by molar-refractivity contribution is 5.27. The zero-order chi connectivity index (χ0) is 12.1. The van der Waals surface area contributed by atoms with E-state index in [-0.39, 0.29) is 19.0 Å². The summed E-state index contributed by atoms with van der Waals surface area (Å²) in [6, 6.07) is 13.6. The largest absolute Gasteiger partial charge is 0.489 e. The summed E-state index contributed by atoms with van der Waals surface area (Å²) < 4.78 is 18.7. The predicted octanol–water partition coefficient (Wildman–Crippen LogP) is 2.90. The maximum Gasteiger partial charge on any atom is 0.129 e. The Labute approximate surface area is 99.3 Å². The Balaban J connectivity index is 2.00. The number of benzene rings is 2. The first-order valence-electron chi connectivity index (χ1n) is 5.35. The van der Waals surface area contributed by atoms with E-state index in [2.05, 4.69) is 0 Å². The number of rotatable bonds is 4. The van der Waals surface area contributed by atoms with Crippen LogP contribution in [0.15, 0.2) is 48.5 Å². The highest BCUT2D eigenvalue weighted by Crippen LogP contribution is 2.15. The molecule has 1 N–H and O–H groups in total. The number of aliphatic hydroxyl groups is 1. The van der Waals surface area contributed by atoms with Gasteiger partial charge < -0.3 is 9.84 Å². The van der Waals surface area contributed by atoms with Crippen LogP contribution in [-0.2, 0) is 13.2 Å². The van der Waals surface area contributed by atoms with E-state index >= 15 is 0 Å². The highest BCUT2D eigenvalue weighted by atomic mass is 19.1. The van der Waals surface area contributed by atoms with Crippen molar-refractivity contribution >= 4 is 0 Å². The minimum absolute atomic E-state index is 0.00753. The molecule has 2 nitrogen and oxygen atoms in total. The van der Waals surface area contributed by atoms with E-state index in [4.69, 9.17) is 9.84 Å². The second-order valence-corrected chi connectivity index (χ2v) is 3.68. The average Bonchev–Trinajstić information content (AvgIpc) is 2.38. The van der Waals surface area contributed by atoms with Crippen LogP contribution < -0.4 is 4.74 Å². The summed E-state index contributed by atoms with van der Waals surface area (Å²) in [6.45, 7) is 0.207. The van der Waals surface area contributed by atoms with Crippen LogP contribution in [-0.4, -0.2) is 5.11 Å². The van der Waals surface area contributed by atoms with Crippen molar-refractivity contribution in [3.8, 4) is 5.75 Å². The Morgan fingerprint density at radius 2 is 1.71 bits per heavy atom. The molecule has 2 aromatic rings. The summed E-state index contributed by atoms with van der Waals surface area (Å²) in [5.74, 6) is 0.393. The SMILES string of the molecule is OCc1ccc(OCc2ccccc2F)cc1. The van der Waals surface area contributed by atoms with E-state index < -0.39 is 0 Å². The zero-order valence-electron chi connectivity index (χ0n) is 9.27. The molecule has 17 heavy (non-hydrogen) atoms. The number of halogens is 1. The molecule has 0 atom stereocenters. The predicted molar refractivity (Wildman–Crippen MR) is 63.1 cm³/mol. The standard InChI is InChI=1S/C14H13FO2/c15-14-4-2-1-3-12(14)10-17-13-7-5-11(9-16)6-8-13/h1-8,16H,9-10H2. The molecule has 0 aliphatic carbocycles. The quantitative estimate of drug-likeness (QED) is 0.878. The van der Waals surface area contributed by atoms with Gasteiger partial charge in [-0.3, -0.25) is 0 Å². The van der Waals surface area contributed by atoms with Gasteiger partial charge in [-0.2, -0.15) is 0 Å². The van der Waals surface area contributed by atoms with Gasteiger partial charge in [-0.05, 0) is 23.8 Å². The van der Waals surface area contributed by atoms with Gasteiger partial charge in [-0.25, -0.2) is 4.39 Å². The van der Waals surface area contributed by atoms with E-state index in [1.54, 1.807) is 42.5 Å². The molecule has 0 saturated heterocycles. The van der Waals surface area contributed by atoms with Crippen molar-refractivity contribution in [3.05, 3.63) is 65.5 Å². The number of aliphatic hydroxyl groups excluding tert-OH is 1. The van der Waals surface area contributed by atoms with E-state index in [0.29, 0.717) is 11.3 Å². The maximum atomic E-state index is 13.3. The molecule has 0 spiro atoms. The van der Waals surface area contributed by atoms with Crippen LogP contribution in [0.4, 0.5) is 4.39 Å². The molecular weight excluding hydrogens is 219 g/mol. The summed E-state index contributed by atoms with van der Waals surface area (Å²) in [5, 5.41) is 8.88. The van der Waals surface area contributed by atoms with Crippen molar-refractivity contribution in [1.82, 2.24) is 0 Å². The minimum atomic E-state index is -0.264. The van der Waals surface area contributed by atoms with Gasteiger partial charge in [0.2, 0.25) is 0 Å². The van der Waals surface area contributed by atoms with E-state index in [1.165, 1.54) is 6.07 Å². The van der Waals surface area contributed by atoms with Crippen molar-refractivity contribution in [3.63, 3.8) is 0 Å². The van der Waals surface area contributed by atoms with Crippen LogP contribution in [0.3, 0.4) is 0 Å². The summed E-state index contributed by atoms with van der Waals surface area (Å²) in [5.41, 5.74) is 1.35. The monoisotopic (exact) mass is 232 g/mol. The Morgan fingerprint density at radius 3 is 2.35 bits per heavy atom. The summed E-state index contributed by atoms with van der Waals surface area (Å²) in [7, 11) is 0. The van der Waals surface area contributed by atoms with Gasteiger partial charge >= 0.3 is 0 Å². The third-order valence-corrected chi connectivity index (χ3v) is 2.46. The van der Waals surface area contributed by atoms with E-state index in [9.17, 15) is 4.39 Å². The molecule has 0 radical (unpaired) electrons. The number of hydrogen-bond acceptors (Lipinski definition) is 2. The smallest absolute Gasteiger partial charge is 0.129 e. The van der Waals surface area contributed by atoms with Crippen LogP contribution in [0.1, 0.15) is 11.1 Å². The molecule has 3 heteroatoms. The first kappa shape index (κ1) is 11.6. The van der Waals surface area contributed by atoms with Gasteiger partial charge in [-0.15, -0.1) is 0 Å². The average molecular weight is 232 g/mol. The summed E-state index contributed by atoms with van der Waals surface area (Å²) in [6.07, 6.45) is 0. The Morgan fingerprint density at radius 1 is 1.00 bits per heavy atom. The van der Waals surface area contributed by atoms with Crippen LogP contribution >= 0.6 is 0 Å². The van der Waals surface area contributed by atoms with E-state index in [0.717, 1.165) is 5.56 Å². The lowest BCUT2D eigenvalue weighted by atomic mass is 10.2. The Bertz CT molecular complexity index is 480. The fourth-order valence-corrected chi connectivity index (χ4v) is 1.47. The van der Waals surface area contributed by atoms with Crippen molar-refractivity contribution in [2.24, 2.45) is 0 Å². The van der Waals surface area contributed by atoms with Gasteiger partial charge in [0.25, 0.3) is 0 Å². The van der Waals surface area contributed by atoms with Crippen LogP contribution in [0, 0.1) is 5.82 Å². The number of hydrogen-bond donors (Lipinski definition) is 1. The summed E-state index contributed by atoms with van der Waals surface area (Å²) in [4.78, 5) is 0. The van der Waals surface area contributed by atoms with Gasteiger partial charge in [0.05, 0.1) is 6.61 Å². The molecule has 88 valence electrons. The molecule has 2 rings (SSSR count). The van der Waals surface area contributed by atoms with Gasteiger partial charge in [-0.1, -0.05) is 30.3 Å². The molecule has 0 aliphatic heterocycles. The van der Waals surface area contributed by atoms with E-state index in [1.807, 2.05) is 0 Å². The first-order chi connectivity index (χ1) is 8.29. The molecule has 0 unspecified atom stereocenters. The van der Waals surface area contributed by atoms with Crippen LogP contribution in [0.25, 0.3) is 0 Å². The van der Waals surface area contributed by atoms with Gasteiger partial charge in [0, 0.05) is 5.56 Å². The van der Waals surface area contributed by atoms with Crippen molar-refractivity contribution in [1.29, 1.82) is 0 Å². The first-order valence-corrected chi connectivity index (χ1v) is 5.35. The Kier molecular flexibility index (Phi) is 3.73. The van der Waals surface area contributed by atoms with Crippen LogP contribution in [0.5, 0.6) is 5.75 Å². The zero-order valence-corrected chi connectivity index (χ0v) is 9.27. The molecule has 0 aliphatic rings. The van der Waals surface area contributed by atoms with Crippen molar-refractivity contribution < 1.29 is 14.2 Å². The molecule has 0 bridgehead atoms. The van der Waals surface area contributed by atoms with Gasteiger partial charge in [0.15, 0.2) is 0 Å². The second kappa shape index (κ2) is 5.46. The molecule has 0 amide bonds. The molecule has 0 fully saturated rings. The third-order valence-electron chi connectivity index (χ3n) is 2.46. The van der Waals surface area contributed by atoms with Crippen molar-refractivity contribution in [2.45, 2.75) is 13.2 Å². The topological polar surface area (TPSA) is 29.5 Å². The second-order valence-electron chi connectivity index (χ2n) is 3.68. The molecule has 0 heterocycles. The van der Waals surface area contributed by atoms with Crippen molar-refractivity contribution in [2.75, 3.05) is 0 Å². The molecular formula is C14H13FO2.